The van der Waals surface area contributed by atoms with Gasteiger partial charge in [-0.05, 0) is 51.7 Å². The zero-order valence-electron chi connectivity index (χ0n) is 15.7. The Balaban J connectivity index is 1.65. The fourth-order valence-corrected chi connectivity index (χ4v) is 3.64. The Labute approximate surface area is 176 Å². The lowest BCUT2D eigenvalue weighted by Gasteiger charge is -2.09. The number of carbonyl (C=O) groups excluding carboxylic acids is 1. The van der Waals surface area contributed by atoms with Crippen LogP contribution in [0.2, 0.25) is 0 Å². The van der Waals surface area contributed by atoms with Crippen LogP contribution in [0.3, 0.4) is 0 Å². The molecule has 0 radical (unpaired) electrons. The van der Waals surface area contributed by atoms with Gasteiger partial charge >= 0.3 is 0 Å². The highest BCUT2D eigenvalue weighted by atomic mass is 79.9. The molecule has 0 aliphatic heterocycles. The predicted molar refractivity (Wildman–Crippen MR) is 116 cm³/mol. The molecule has 1 aromatic carbocycles. The molecule has 6 nitrogen and oxygen atoms in total. The van der Waals surface area contributed by atoms with Gasteiger partial charge in [0.15, 0.2) is 15.6 Å². The van der Waals surface area contributed by atoms with Crippen LogP contribution in [0, 0.1) is 0 Å². The number of benzene rings is 1. The molecule has 0 fully saturated rings. The summed E-state index contributed by atoms with van der Waals surface area (Å²) in [7, 11) is 0. The lowest BCUT2D eigenvalue weighted by Crippen LogP contribution is -2.14. The number of amides is 1. The summed E-state index contributed by atoms with van der Waals surface area (Å²) in [6.07, 6.45) is 1.76. The van der Waals surface area contributed by atoms with Gasteiger partial charge in [0.1, 0.15) is 0 Å². The number of anilines is 1. The fourth-order valence-electron chi connectivity index (χ4n) is 2.58. The summed E-state index contributed by atoms with van der Waals surface area (Å²) in [5.74, 6) is 1.78. The van der Waals surface area contributed by atoms with Crippen LogP contribution in [0.1, 0.15) is 25.3 Å². The first-order valence-corrected chi connectivity index (χ1v) is 10.6. The topological polar surface area (TPSA) is 73.0 Å². The van der Waals surface area contributed by atoms with E-state index in [1.165, 1.54) is 17.3 Å². The van der Waals surface area contributed by atoms with Crippen molar-refractivity contribution in [2.45, 2.75) is 31.5 Å². The number of hydrogen-bond acceptors (Lipinski definition) is 5. The maximum atomic E-state index is 12.3. The number of aromatic nitrogens is 3. The Morgan fingerprint density at radius 2 is 2.04 bits per heavy atom. The largest absolute Gasteiger partial charge is 0.446 e. The highest BCUT2D eigenvalue weighted by Crippen LogP contribution is 2.27. The summed E-state index contributed by atoms with van der Waals surface area (Å²) in [6, 6.07) is 11.5. The van der Waals surface area contributed by atoms with E-state index in [1.807, 2.05) is 34.9 Å². The molecular formula is C20H21BrN4O2S. The van der Waals surface area contributed by atoms with E-state index in [4.69, 9.17) is 4.42 Å². The molecule has 0 spiro atoms. The average Bonchev–Trinajstić information content (AvgIpc) is 3.27. The van der Waals surface area contributed by atoms with E-state index < -0.39 is 0 Å². The van der Waals surface area contributed by atoms with Crippen molar-refractivity contribution in [3.05, 3.63) is 59.3 Å². The smallest absolute Gasteiger partial charge is 0.234 e. The van der Waals surface area contributed by atoms with Gasteiger partial charge in [-0.25, -0.2) is 0 Å². The molecule has 2 aromatic heterocycles. The minimum Gasteiger partial charge on any atom is -0.446 e. The molecule has 3 rings (SSSR count). The Kier molecular flexibility index (Phi) is 6.74. The second-order valence-electron chi connectivity index (χ2n) is 6.42. The highest BCUT2D eigenvalue weighted by Gasteiger charge is 2.17. The number of rotatable bonds is 8. The molecule has 2 heterocycles. The van der Waals surface area contributed by atoms with Crippen molar-refractivity contribution in [2.75, 3.05) is 11.1 Å². The Bertz CT molecular complexity index is 963. The van der Waals surface area contributed by atoms with Crippen LogP contribution in [0.4, 0.5) is 5.69 Å². The normalized spacial score (nSPS) is 11.0. The van der Waals surface area contributed by atoms with Crippen molar-refractivity contribution < 1.29 is 9.21 Å². The third-order valence-electron chi connectivity index (χ3n) is 4.02. The van der Waals surface area contributed by atoms with Crippen molar-refractivity contribution in [3.63, 3.8) is 0 Å². The molecule has 1 N–H and O–H groups in total. The van der Waals surface area contributed by atoms with E-state index in [-0.39, 0.29) is 11.7 Å². The molecule has 0 bridgehead atoms. The summed E-state index contributed by atoms with van der Waals surface area (Å²) >= 11 is 4.61. The van der Waals surface area contributed by atoms with Crippen LogP contribution in [0.15, 0.2) is 63.3 Å². The maximum Gasteiger partial charge on any atom is 0.234 e. The first-order valence-electron chi connectivity index (χ1n) is 8.80. The fraction of sp³-hybridized carbons (Fsp3) is 0.250. The zero-order valence-corrected chi connectivity index (χ0v) is 18.1. The summed E-state index contributed by atoms with van der Waals surface area (Å²) in [6.45, 7) is 8.57. The SMILES string of the molecule is C=CCn1c(SCC(=O)Nc2ccc(C(C)C)cc2)nnc1-c1ccc(Br)o1. The molecule has 28 heavy (non-hydrogen) atoms. The van der Waals surface area contributed by atoms with Crippen LogP contribution >= 0.6 is 27.7 Å². The second kappa shape index (κ2) is 9.25. The molecule has 146 valence electrons. The van der Waals surface area contributed by atoms with E-state index in [0.717, 1.165) is 5.69 Å². The summed E-state index contributed by atoms with van der Waals surface area (Å²) in [4.78, 5) is 12.3. The van der Waals surface area contributed by atoms with Gasteiger partial charge in [-0.2, -0.15) is 0 Å². The van der Waals surface area contributed by atoms with Gasteiger partial charge in [-0.15, -0.1) is 16.8 Å². The number of hydrogen-bond donors (Lipinski definition) is 1. The quantitative estimate of drug-likeness (QED) is 0.362. The van der Waals surface area contributed by atoms with Crippen molar-refractivity contribution >= 4 is 39.3 Å². The monoisotopic (exact) mass is 460 g/mol. The number of halogens is 1. The molecule has 0 aliphatic carbocycles. The molecule has 0 saturated heterocycles. The summed E-state index contributed by atoms with van der Waals surface area (Å²) < 4.78 is 8.06. The van der Waals surface area contributed by atoms with E-state index in [0.29, 0.717) is 33.9 Å². The van der Waals surface area contributed by atoms with Crippen molar-refractivity contribution in [1.82, 2.24) is 14.8 Å². The van der Waals surface area contributed by atoms with Gasteiger partial charge in [0, 0.05) is 12.2 Å². The number of thioether (sulfide) groups is 1. The number of furan rings is 1. The van der Waals surface area contributed by atoms with Gasteiger partial charge in [0.2, 0.25) is 11.7 Å². The van der Waals surface area contributed by atoms with Crippen molar-refractivity contribution in [1.29, 1.82) is 0 Å². The Hall–Kier alpha value is -2.32. The van der Waals surface area contributed by atoms with Crippen molar-refractivity contribution in [3.8, 4) is 11.6 Å². The summed E-state index contributed by atoms with van der Waals surface area (Å²) in [5, 5.41) is 11.9. The van der Waals surface area contributed by atoms with Gasteiger partial charge in [-0.3, -0.25) is 9.36 Å². The minimum absolute atomic E-state index is 0.0993. The van der Waals surface area contributed by atoms with Gasteiger partial charge in [0.05, 0.1) is 5.75 Å². The average molecular weight is 461 g/mol. The minimum atomic E-state index is -0.0993. The van der Waals surface area contributed by atoms with Crippen LogP contribution < -0.4 is 5.32 Å². The number of carbonyl (C=O) groups is 1. The third-order valence-corrected chi connectivity index (χ3v) is 5.41. The lowest BCUT2D eigenvalue weighted by molar-refractivity contribution is -0.113. The third kappa shape index (κ3) is 4.94. The van der Waals surface area contributed by atoms with Gasteiger partial charge in [0.25, 0.3) is 0 Å². The zero-order chi connectivity index (χ0) is 20.1. The number of allylic oxidation sites excluding steroid dienone is 1. The van der Waals surface area contributed by atoms with Crippen molar-refractivity contribution in [2.24, 2.45) is 0 Å². The molecule has 0 atom stereocenters. The number of nitrogens with zero attached hydrogens (tertiary/aromatic N) is 3. The summed E-state index contributed by atoms with van der Waals surface area (Å²) in [5.41, 5.74) is 2.02. The van der Waals surface area contributed by atoms with E-state index in [9.17, 15) is 4.79 Å². The highest BCUT2D eigenvalue weighted by molar-refractivity contribution is 9.10. The lowest BCUT2D eigenvalue weighted by atomic mass is 10.0. The van der Waals surface area contributed by atoms with E-state index in [1.54, 1.807) is 12.1 Å². The molecule has 8 heteroatoms. The Morgan fingerprint density at radius 3 is 2.64 bits per heavy atom. The van der Waals surface area contributed by atoms with Crippen LogP contribution in [0.5, 0.6) is 0 Å². The number of nitrogens with one attached hydrogen (secondary N) is 1. The standard InChI is InChI=1S/C20H21BrN4O2S/c1-4-11-25-19(16-9-10-17(21)27-16)23-24-20(25)28-12-18(26)22-15-7-5-14(6-8-15)13(2)3/h4-10,13H,1,11-12H2,2-3H3,(H,22,26). The molecule has 0 saturated carbocycles. The molecule has 0 unspecified atom stereocenters. The molecular weight excluding hydrogens is 440 g/mol. The van der Waals surface area contributed by atoms with Crippen LogP contribution in [-0.4, -0.2) is 26.4 Å². The van der Waals surface area contributed by atoms with Gasteiger partial charge in [-0.1, -0.05) is 43.8 Å². The van der Waals surface area contributed by atoms with Crippen LogP contribution in [0.25, 0.3) is 11.6 Å². The second-order valence-corrected chi connectivity index (χ2v) is 8.15. The Morgan fingerprint density at radius 1 is 1.29 bits per heavy atom. The van der Waals surface area contributed by atoms with Crippen LogP contribution in [-0.2, 0) is 11.3 Å². The predicted octanol–water partition coefficient (Wildman–Crippen LogP) is 5.34. The maximum absolute atomic E-state index is 12.3. The molecule has 3 aromatic rings. The van der Waals surface area contributed by atoms with E-state index >= 15 is 0 Å². The van der Waals surface area contributed by atoms with Gasteiger partial charge < -0.3 is 9.73 Å². The first kappa shape index (κ1) is 20.4. The molecule has 0 aliphatic rings. The van der Waals surface area contributed by atoms with E-state index in [2.05, 4.69) is 51.9 Å². The first-order chi connectivity index (χ1) is 13.5. The molecule has 1 amide bonds.